The number of hydrogen-bond donors (Lipinski definition) is 0. The number of carbonyl (C=O) groups is 1. The number of alkyl halides is 1. The fraction of sp³-hybridized carbons (Fsp3) is 0.417. The van der Waals surface area contributed by atoms with Crippen molar-refractivity contribution in [1.29, 1.82) is 0 Å². The maximum absolute atomic E-state index is 11.8. The third-order valence-electron chi connectivity index (χ3n) is 2.83. The zero-order valence-electron chi connectivity index (χ0n) is 9.45. The molecule has 0 spiro atoms. The van der Waals surface area contributed by atoms with Crippen LogP contribution in [0.2, 0.25) is 5.02 Å². The molecule has 5 heteroatoms. The Labute approximate surface area is 110 Å². The van der Waals surface area contributed by atoms with Gasteiger partial charge in [-0.1, -0.05) is 11.6 Å². The minimum absolute atomic E-state index is 0.0833. The zero-order chi connectivity index (χ0) is 12.4. The smallest absolute Gasteiger partial charge is 0.227 e. The van der Waals surface area contributed by atoms with Gasteiger partial charge in [-0.2, -0.15) is 0 Å². The van der Waals surface area contributed by atoms with Gasteiger partial charge < -0.3 is 9.64 Å². The molecular formula is C12H13Cl2NO2. The molecule has 1 atom stereocenters. The Bertz CT molecular complexity index is 437. The molecule has 1 amide bonds. The van der Waals surface area contributed by atoms with Gasteiger partial charge in [0.25, 0.3) is 0 Å². The summed E-state index contributed by atoms with van der Waals surface area (Å²) in [4.78, 5) is 13.5. The van der Waals surface area contributed by atoms with Gasteiger partial charge in [-0.25, -0.2) is 0 Å². The summed E-state index contributed by atoms with van der Waals surface area (Å²) >= 11 is 11.8. The van der Waals surface area contributed by atoms with Gasteiger partial charge in [0.15, 0.2) is 0 Å². The van der Waals surface area contributed by atoms with E-state index in [0.717, 1.165) is 5.69 Å². The Morgan fingerprint density at radius 2 is 2.24 bits per heavy atom. The van der Waals surface area contributed by atoms with Crippen LogP contribution in [0.15, 0.2) is 18.2 Å². The topological polar surface area (TPSA) is 29.5 Å². The van der Waals surface area contributed by atoms with E-state index in [1.54, 1.807) is 30.2 Å². The van der Waals surface area contributed by atoms with Crippen LogP contribution in [0.4, 0.5) is 5.69 Å². The second kappa shape index (κ2) is 5.15. The first-order valence-electron chi connectivity index (χ1n) is 5.35. The summed E-state index contributed by atoms with van der Waals surface area (Å²) in [5, 5.41) is 0.557. The first kappa shape index (κ1) is 12.5. The lowest BCUT2D eigenvalue weighted by atomic mass is 10.1. The third-order valence-corrected chi connectivity index (χ3v) is 3.48. The van der Waals surface area contributed by atoms with Crippen molar-refractivity contribution in [2.45, 2.75) is 6.42 Å². The number of anilines is 1. The van der Waals surface area contributed by atoms with E-state index < -0.39 is 0 Å². The molecule has 1 saturated heterocycles. The SMILES string of the molecule is COc1cc(Cl)cc(N2CC(CCl)CC2=O)c1. The number of hydrogen-bond acceptors (Lipinski definition) is 2. The van der Waals surface area contributed by atoms with Crippen LogP contribution in [0.3, 0.4) is 0 Å². The van der Waals surface area contributed by atoms with Crippen molar-refractivity contribution in [3.8, 4) is 5.75 Å². The van der Waals surface area contributed by atoms with E-state index in [2.05, 4.69) is 0 Å². The van der Waals surface area contributed by atoms with E-state index in [0.29, 0.717) is 29.6 Å². The molecule has 1 unspecified atom stereocenters. The highest BCUT2D eigenvalue weighted by Crippen LogP contribution is 2.31. The normalized spacial score (nSPS) is 19.8. The van der Waals surface area contributed by atoms with Gasteiger partial charge in [0.1, 0.15) is 5.75 Å². The van der Waals surface area contributed by atoms with Gasteiger partial charge in [-0.05, 0) is 18.1 Å². The van der Waals surface area contributed by atoms with Crippen LogP contribution in [0.25, 0.3) is 0 Å². The first-order valence-corrected chi connectivity index (χ1v) is 6.26. The molecule has 1 heterocycles. The van der Waals surface area contributed by atoms with Crippen molar-refractivity contribution in [3.05, 3.63) is 23.2 Å². The molecule has 1 fully saturated rings. The zero-order valence-corrected chi connectivity index (χ0v) is 11.0. The molecule has 0 radical (unpaired) electrons. The molecular weight excluding hydrogens is 261 g/mol. The van der Waals surface area contributed by atoms with Gasteiger partial charge in [0.05, 0.1) is 7.11 Å². The average molecular weight is 274 g/mol. The first-order chi connectivity index (χ1) is 8.13. The predicted molar refractivity (Wildman–Crippen MR) is 69.2 cm³/mol. The highest BCUT2D eigenvalue weighted by molar-refractivity contribution is 6.31. The summed E-state index contributed by atoms with van der Waals surface area (Å²) in [5.74, 6) is 1.45. The minimum atomic E-state index is 0.0833. The van der Waals surface area contributed by atoms with E-state index in [-0.39, 0.29) is 11.8 Å². The number of amides is 1. The van der Waals surface area contributed by atoms with E-state index in [9.17, 15) is 4.79 Å². The number of nitrogens with zero attached hydrogens (tertiary/aromatic N) is 1. The maximum Gasteiger partial charge on any atom is 0.227 e. The van der Waals surface area contributed by atoms with E-state index in [1.165, 1.54) is 0 Å². The minimum Gasteiger partial charge on any atom is -0.497 e. The molecule has 2 rings (SSSR count). The van der Waals surface area contributed by atoms with Gasteiger partial charge in [-0.15, -0.1) is 11.6 Å². The summed E-state index contributed by atoms with van der Waals surface area (Å²) in [6, 6.07) is 5.28. The Hall–Kier alpha value is -0.930. The van der Waals surface area contributed by atoms with E-state index >= 15 is 0 Å². The van der Waals surface area contributed by atoms with Crippen LogP contribution in [0.1, 0.15) is 6.42 Å². The highest BCUT2D eigenvalue weighted by atomic mass is 35.5. The lowest BCUT2D eigenvalue weighted by Gasteiger charge is -2.17. The summed E-state index contributed by atoms with van der Waals surface area (Å²) in [6.45, 7) is 0.645. The van der Waals surface area contributed by atoms with Crippen LogP contribution >= 0.6 is 23.2 Å². The van der Waals surface area contributed by atoms with Crippen molar-refractivity contribution >= 4 is 34.8 Å². The third kappa shape index (κ3) is 2.67. The predicted octanol–water partition coefficient (Wildman–Crippen LogP) is 2.94. The summed E-state index contributed by atoms with van der Waals surface area (Å²) < 4.78 is 5.14. The Morgan fingerprint density at radius 1 is 1.47 bits per heavy atom. The van der Waals surface area contributed by atoms with Crippen LogP contribution < -0.4 is 9.64 Å². The van der Waals surface area contributed by atoms with Gasteiger partial charge in [0.2, 0.25) is 5.91 Å². The van der Waals surface area contributed by atoms with Crippen molar-refractivity contribution in [2.75, 3.05) is 24.4 Å². The summed E-state index contributed by atoms with van der Waals surface area (Å²) in [6.07, 6.45) is 0.498. The van der Waals surface area contributed by atoms with Crippen molar-refractivity contribution in [3.63, 3.8) is 0 Å². The molecule has 1 aliphatic rings. The summed E-state index contributed by atoms with van der Waals surface area (Å²) in [7, 11) is 1.57. The number of ether oxygens (including phenoxy) is 1. The monoisotopic (exact) mass is 273 g/mol. The maximum atomic E-state index is 11.8. The van der Waals surface area contributed by atoms with E-state index in [4.69, 9.17) is 27.9 Å². The molecule has 17 heavy (non-hydrogen) atoms. The molecule has 1 aliphatic heterocycles. The second-order valence-corrected chi connectivity index (χ2v) is 4.82. The van der Waals surface area contributed by atoms with Gasteiger partial charge >= 0.3 is 0 Å². The molecule has 0 N–H and O–H groups in total. The Morgan fingerprint density at radius 3 is 2.82 bits per heavy atom. The van der Waals surface area contributed by atoms with Crippen molar-refractivity contribution < 1.29 is 9.53 Å². The standard InChI is InChI=1S/C12H13Cl2NO2/c1-17-11-4-9(14)3-10(5-11)15-7-8(6-13)2-12(15)16/h3-5,8H,2,6-7H2,1H3. The van der Waals surface area contributed by atoms with Crippen LogP contribution in [0, 0.1) is 5.92 Å². The largest absolute Gasteiger partial charge is 0.497 e. The quantitative estimate of drug-likeness (QED) is 0.793. The molecule has 92 valence electrons. The summed E-state index contributed by atoms with van der Waals surface area (Å²) in [5.41, 5.74) is 0.770. The van der Waals surface area contributed by atoms with Crippen LogP contribution in [-0.4, -0.2) is 25.4 Å². The fourth-order valence-electron chi connectivity index (χ4n) is 1.96. The lowest BCUT2D eigenvalue weighted by Crippen LogP contribution is -2.24. The number of benzene rings is 1. The highest BCUT2D eigenvalue weighted by Gasteiger charge is 2.30. The fourth-order valence-corrected chi connectivity index (χ4v) is 2.38. The van der Waals surface area contributed by atoms with E-state index in [1.807, 2.05) is 0 Å². The Balaban J connectivity index is 2.28. The van der Waals surface area contributed by atoms with Gasteiger partial charge in [-0.3, -0.25) is 4.79 Å². The average Bonchev–Trinajstić information content (AvgIpc) is 2.69. The molecule has 0 aliphatic carbocycles. The number of halogens is 2. The van der Waals surface area contributed by atoms with Crippen molar-refractivity contribution in [1.82, 2.24) is 0 Å². The number of rotatable bonds is 3. The van der Waals surface area contributed by atoms with Crippen molar-refractivity contribution in [2.24, 2.45) is 5.92 Å². The number of carbonyl (C=O) groups excluding carboxylic acids is 1. The van der Waals surface area contributed by atoms with Crippen LogP contribution in [0.5, 0.6) is 5.75 Å². The van der Waals surface area contributed by atoms with Gasteiger partial charge in [0, 0.05) is 35.6 Å². The molecule has 1 aromatic rings. The molecule has 0 aromatic heterocycles. The van der Waals surface area contributed by atoms with Crippen LogP contribution in [-0.2, 0) is 4.79 Å². The molecule has 3 nitrogen and oxygen atoms in total. The Kier molecular flexibility index (Phi) is 3.79. The molecule has 1 aromatic carbocycles. The second-order valence-electron chi connectivity index (χ2n) is 4.08. The lowest BCUT2D eigenvalue weighted by molar-refractivity contribution is -0.117. The molecule has 0 saturated carbocycles. The number of methoxy groups -OCH3 is 1. The molecule has 0 bridgehead atoms.